The van der Waals surface area contributed by atoms with E-state index in [1.54, 1.807) is 6.26 Å². The first-order chi connectivity index (χ1) is 9.52. The zero-order chi connectivity index (χ0) is 14.7. The Bertz CT molecular complexity index is 629. The topological polar surface area (TPSA) is 34.9 Å². The summed E-state index contributed by atoms with van der Waals surface area (Å²) in [6.07, 6.45) is 3.36. The van der Waals surface area contributed by atoms with Gasteiger partial charge in [-0.2, -0.15) is 0 Å². The molecule has 2 rings (SSSR count). The zero-order valence-electron chi connectivity index (χ0n) is 11.6. The molecule has 1 aromatic carbocycles. The van der Waals surface area contributed by atoms with Gasteiger partial charge in [0, 0.05) is 45.6 Å². The van der Waals surface area contributed by atoms with Crippen molar-refractivity contribution in [3.05, 3.63) is 28.5 Å². The fraction of sp³-hybridized carbons (Fsp3) is 0.500. The van der Waals surface area contributed by atoms with Crippen LogP contribution in [0, 0.1) is 0 Å². The second kappa shape index (κ2) is 7.05. The number of aromatic nitrogens is 2. The van der Waals surface area contributed by atoms with Gasteiger partial charge in [-0.25, -0.2) is 4.98 Å². The van der Waals surface area contributed by atoms with Gasteiger partial charge in [-0.05, 0) is 31.5 Å². The van der Waals surface area contributed by atoms with E-state index in [0.29, 0.717) is 11.6 Å². The summed E-state index contributed by atoms with van der Waals surface area (Å²) >= 11 is 9.36. The molecule has 20 heavy (non-hydrogen) atoms. The third-order valence-electron chi connectivity index (χ3n) is 3.31. The summed E-state index contributed by atoms with van der Waals surface area (Å²) in [5.74, 6) is 2.26. The predicted molar refractivity (Wildman–Crippen MR) is 90.1 cm³/mol. The highest BCUT2D eigenvalue weighted by Gasteiger charge is 2.16. The first-order valence-electron chi connectivity index (χ1n) is 6.55. The van der Waals surface area contributed by atoms with Gasteiger partial charge in [0.2, 0.25) is 0 Å². The fourth-order valence-electron chi connectivity index (χ4n) is 2.34. The van der Waals surface area contributed by atoms with Crippen LogP contribution in [0.3, 0.4) is 0 Å². The maximum atomic E-state index is 11.3. The number of rotatable bonds is 6. The van der Waals surface area contributed by atoms with Crippen LogP contribution in [0.1, 0.15) is 25.2 Å². The third-order valence-corrected chi connectivity index (χ3v) is 4.80. The highest BCUT2D eigenvalue weighted by molar-refractivity contribution is 9.10. The lowest BCUT2D eigenvalue weighted by molar-refractivity contribution is 0.525. The second-order valence-electron chi connectivity index (χ2n) is 4.89. The average molecular weight is 378 g/mol. The number of fused-ring (bicyclic) bond motifs is 1. The van der Waals surface area contributed by atoms with Gasteiger partial charge in [0.05, 0.1) is 11.0 Å². The lowest BCUT2D eigenvalue weighted by atomic mass is 10.2. The Morgan fingerprint density at radius 3 is 2.90 bits per heavy atom. The van der Waals surface area contributed by atoms with Crippen molar-refractivity contribution in [2.45, 2.75) is 25.8 Å². The second-order valence-corrected chi connectivity index (χ2v) is 7.73. The van der Waals surface area contributed by atoms with Gasteiger partial charge in [0.15, 0.2) is 0 Å². The van der Waals surface area contributed by atoms with Crippen LogP contribution < -0.4 is 0 Å². The van der Waals surface area contributed by atoms with Crippen molar-refractivity contribution in [3.63, 3.8) is 0 Å². The Morgan fingerprint density at radius 2 is 2.25 bits per heavy atom. The first kappa shape index (κ1) is 16.0. The van der Waals surface area contributed by atoms with E-state index in [1.807, 2.05) is 12.1 Å². The van der Waals surface area contributed by atoms with Crippen LogP contribution in [-0.2, 0) is 17.2 Å². The van der Waals surface area contributed by atoms with E-state index in [2.05, 4.69) is 38.5 Å². The lowest BCUT2D eigenvalue weighted by Crippen LogP contribution is -2.12. The minimum absolute atomic E-state index is 0.267. The molecule has 1 aromatic heterocycles. The highest BCUT2D eigenvalue weighted by atomic mass is 79.9. The maximum Gasteiger partial charge on any atom is 0.111 e. The first-order valence-corrected chi connectivity index (χ1v) is 9.60. The monoisotopic (exact) mass is 376 g/mol. The normalized spacial score (nSPS) is 14.6. The van der Waals surface area contributed by atoms with Crippen LogP contribution in [0.25, 0.3) is 11.0 Å². The summed E-state index contributed by atoms with van der Waals surface area (Å²) in [5, 5.41) is 0. The van der Waals surface area contributed by atoms with Crippen LogP contribution in [0.15, 0.2) is 22.7 Å². The fourth-order valence-corrected chi connectivity index (χ4v) is 3.53. The van der Waals surface area contributed by atoms with Crippen molar-refractivity contribution < 1.29 is 4.21 Å². The SMILES string of the molecule is CC(CCS(C)=O)n1c(CCCl)nc2cc(Br)ccc21. The number of aryl methyl sites for hydroxylation is 1. The quantitative estimate of drug-likeness (QED) is 0.715. The molecule has 6 heteroatoms. The van der Waals surface area contributed by atoms with Crippen LogP contribution in [0.5, 0.6) is 0 Å². The van der Waals surface area contributed by atoms with E-state index >= 15 is 0 Å². The minimum Gasteiger partial charge on any atom is -0.325 e. The molecule has 0 aliphatic carbocycles. The summed E-state index contributed by atoms with van der Waals surface area (Å²) < 4.78 is 14.6. The molecule has 0 bridgehead atoms. The smallest absolute Gasteiger partial charge is 0.111 e. The average Bonchev–Trinajstić information content (AvgIpc) is 2.73. The van der Waals surface area contributed by atoms with Crippen molar-refractivity contribution in [3.8, 4) is 0 Å². The molecular weight excluding hydrogens is 360 g/mol. The molecule has 1 heterocycles. The van der Waals surface area contributed by atoms with Crippen molar-refractivity contribution in [2.24, 2.45) is 0 Å². The summed E-state index contributed by atoms with van der Waals surface area (Å²) in [6, 6.07) is 6.39. The molecule has 0 saturated carbocycles. The summed E-state index contributed by atoms with van der Waals surface area (Å²) in [4.78, 5) is 4.68. The van der Waals surface area contributed by atoms with E-state index in [4.69, 9.17) is 11.6 Å². The Balaban J connectivity index is 2.42. The minimum atomic E-state index is -0.763. The van der Waals surface area contributed by atoms with Gasteiger partial charge in [-0.3, -0.25) is 4.21 Å². The van der Waals surface area contributed by atoms with Crippen molar-refractivity contribution >= 4 is 49.4 Å². The van der Waals surface area contributed by atoms with Crippen molar-refractivity contribution in [1.29, 1.82) is 0 Å². The number of benzene rings is 1. The van der Waals surface area contributed by atoms with Crippen LogP contribution >= 0.6 is 27.5 Å². The van der Waals surface area contributed by atoms with Gasteiger partial charge >= 0.3 is 0 Å². The number of nitrogens with zero attached hydrogens (tertiary/aromatic N) is 2. The molecule has 0 fully saturated rings. The Hall–Kier alpha value is -0.390. The molecular formula is C14H18BrClN2OS. The molecule has 0 aliphatic rings. The largest absolute Gasteiger partial charge is 0.325 e. The van der Waals surface area contributed by atoms with E-state index in [-0.39, 0.29) is 6.04 Å². The molecule has 0 radical (unpaired) electrons. The van der Waals surface area contributed by atoms with E-state index in [9.17, 15) is 4.21 Å². The molecule has 2 aromatic rings. The van der Waals surface area contributed by atoms with E-state index in [1.165, 1.54) is 0 Å². The standard InChI is InChI=1S/C14H18BrClN2OS/c1-10(6-8-20(2)19)18-13-4-3-11(15)9-12(13)17-14(18)5-7-16/h3-4,9-10H,5-8H2,1-2H3. The van der Waals surface area contributed by atoms with Crippen molar-refractivity contribution in [2.75, 3.05) is 17.9 Å². The number of hydrogen-bond acceptors (Lipinski definition) is 2. The molecule has 110 valence electrons. The lowest BCUT2D eigenvalue weighted by Gasteiger charge is -2.17. The highest BCUT2D eigenvalue weighted by Crippen LogP contribution is 2.26. The van der Waals surface area contributed by atoms with Crippen LogP contribution in [0.2, 0.25) is 0 Å². The van der Waals surface area contributed by atoms with E-state index in [0.717, 1.165) is 34.2 Å². The van der Waals surface area contributed by atoms with Crippen LogP contribution in [-0.4, -0.2) is 31.6 Å². The number of halogens is 2. The van der Waals surface area contributed by atoms with Gasteiger partial charge in [-0.1, -0.05) is 15.9 Å². The van der Waals surface area contributed by atoms with Gasteiger partial charge in [0.25, 0.3) is 0 Å². The maximum absolute atomic E-state index is 11.3. The van der Waals surface area contributed by atoms with E-state index < -0.39 is 10.8 Å². The molecule has 0 spiro atoms. The Labute approximate surface area is 135 Å². The molecule has 2 atom stereocenters. The van der Waals surface area contributed by atoms with Crippen molar-refractivity contribution in [1.82, 2.24) is 9.55 Å². The van der Waals surface area contributed by atoms with Gasteiger partial charge < -0.3 is 4.57 Å². The zero-order valence-corrected chi connectivity index (χ0v) is 14.8. The molecule has 0 aliphatic heterocycles. The number of hydrogen-bond donors (Lipinski definition) is 0. The number of alkyl halides is 1. The molecule has 3 nitrogen and oxygen atoms in total. The predicted octanol–water partition coefficient (Wildman–Crippen LogP) is 3.91. The van der Waals surface area contributed by atoms with Gasteiger partial charge in [-0.15, -0.1) is 11.6 Å². The molecule has 2 unspecified atom stereocenters. The Kier molecular flexibility index (Phi) is 5.64. The molecule has 0 N–H and O–H groups in total. The Morgan fingerprint density at radius 1 is 1.50 bits per heavy atom. The third kappa shape index (κ3) is 3.62. The van der Waals surface area contributed by atoms with Crippen LogP contribution in [0.4, 0.5) is 0 Å². The summed E-state index contributed by atoms with van der Waals surface area (Å²) in [5.41, 5.74) is 2.09. The summed E-state index contributed by atoms with van der Waals surface area (Å²) in [7, 11) is -0.763. The molecule has 0 amide bonds. The molecule has 0 saturated heterocycles. The number of imidazole rings is 1. The summed E-state index contributed by atoms with van der Waals surface area (Å²) in [6.45, 7) is 2.15. The van der Waals surface area contributed by atoms with Gasteiger partial charge in [0.1, 0.15) is 5.82 Å².